The Kier molecular flexibility index (Phi) is 4.71. The van der Waals surface area contributed by atoms with E-state index in [4.69, 9.17) is 17.3 Å². The molecule has 0 atom stereocenters. The SMILES string of the molecule is CN1CCn2c1c(Nc1ccncc1C(N)=O)cc(-c1cc(Cl)ccc1F)c2=O. The van der Waals surface area contributed by atoms with Gasteiger partial charge in [-0.25, -0.2) is 4.39 Å². The van der Waals surface area contributed by atoms with Gasteiger partial charge in [-0.3, -0.25) is 19.1 Å². The van der Waals surface area contributed by atoms with Crippen molar-refractivity contribution in [2.24, 2.45) is 5.73 Å². The molecule has 1 aliphatic rings. The average Bonchev–Trinajstić information content (AvgIpc) is 3.09. The third-order valence-electron chi connectivity index (χ3n) is 4.86. The van der Waals surface area contributed by atoms with E-state index in [2.05, 4.69) is 10.3 Å². The predicted molar refractivity (Wildman–Crippen MR) is 110 cm³/mol. The van der Waals surface area contributed by atoms with Gasteiger partial charge < -0.3 is 16.0 Å². The van der Waals surface area contributed by atoms with Crippen LogP contribution in [-0.4, -0.2) is 29.1 Å². The first kappa shape index (κ1) is 18.9. The summed E-state index contributed by atoms with van der Waals surface area (Å²) in [5, 5.41) is 3.48. The van der Waals surface area contributed by atoms with Crippen LogP contribution in [0.4, 0.5) is 21.6 Å². The summed E-state index contributed by atoms with van der Waals surface area (Å²) >= 11 is 6.03. The van der Waals surface area contributed by atoms with Crippen molar-refractivity contribution in [3.63, 3.8) is 0 Å². The molecular formula is C20H17ClFN5O2. The smallest absolute Gasteiger partial charge is 0.260 e. The van der Waals surface area contributed by atoms with Crippen LogP contribution in [0.1, 0.15) is 10.4 Å². The van der Waals surface area contributed by atoms with Gasteiger partial charge in [-0.1, -0.05) is 11.6 Å². The quantitative estimate of drug-likeness (QED) is 0.685. The van der Waals surface area contributed by atoms with Gasteiger partial charge in [0, 0.05) is 43.1 Å². The first-order valence-corrected chi connectivity index (χ1v) is 9.20. The maximum absolute atomic E-state index is 14.5. The Morgan fingerprint density at radius 3 is 2.76 bits per heavy atom. The number of hydrogen-bond donors (Lipinski definition) is 2. The number of hydrogen-bond acceptors (Lipinski definition) is 5. The number of amides is 1. The highest BCUT2D eigenvalue weighted by molar-refractivity contribution is 6.30. The third-order valence-corrected chi connectivity index (χ3v) is 5.09. The fourth-order valence-electron chi connectivity index (χ4n) is 3.47. The topological polar surface area (TPSA) is 93.2 Å². The van der Waals surface area contributed by atoms with Crippen molar-refractivity contribution in [2.45, 2.75) is 6.54 Å². The normalized spacial score (nSPS) is 12.7. The highest BCUT2D eigenvalue weighted by Gasteiger charge is 2.25. The molecule has 0 saturated heterocycles. The molecule has 0 unspecified atom stereocenters. The van der Waals surface area contributed by atoms with E-state index in [0.717, 1.165) is 0 Å². The zero-order valence-corrected chi connectivity index (χ0v) is 16.2. The zero-order chi connectivity index (χ0) is 20.7. The molecule has 7 nitrogen and oxygen atoms in total. The second-order valence-electron chi connectivity index (χ2n) is 6.71. The number of primary amides is 1. The van der Waals surface area contributed by atoms with Crippen LogP contribution in [0.5, 0.6) is 0 Å². The van der Waals surface area contributed by atoms with E-state index < -0.39 is 11.7 Å². The molecule has 148 valence electrons. The van der Waals surface area contributed by atoms with Gasteiger partial charge in [0.15, 0.2) is 0 Å². The lowest BCUT2D eigenvalue weighted by Crippen LogP contribution is -2.22. The number of rotatable bonds is 4. The summed E-state index contributed by atoms with van der Waals surface area (Å²) in [4.78, 5) is 30.6. The molecule has 1 amide bonds. The lowest BCUT2D eigenvalue weighted by atomic mass is 10.1. The fraction of sp³-hybridized carbons (Fsp3) is 0.150. The summed E-state index contributed by atoms with van der Waals surface area (Å²) < 4.78 is 16.1. The van der Waals surface area contributed by atoms with E-state index in [1.807, 2.05) is 11.9 Å². The third kappa shape index (κ3) is 3.31. The number of aromatic nitrogens is 2. The Morgan fingerprint density at radius 2 is 2.00 bits per heavy atom. The molecule has 0 aliphatic carbocycles. The van der Waals surface area contributed by atoms with E-state index in [0.29, 0.717) is 35.3 Å². The fourth-order valence-corrected chi connectivity index (χ4v) is 3.64. The number of nitrogens with zero attached hydrogens (tertiary/aromatic N) is 3. The number of halogens is 2. The number of fused-ring (bicyclic) bond motifs is 1. The number of anilines is 3. The standard InChI is InChI=1S/C20H17ClFN5O2/c1-26-6-7-27-19(26)17(25-16-4-5-24-10-14(16)18(23)28)9-13(20(27)29)12-8-11(21)2-3-15(12)22/h2-5,8-10H,6-7H2,1H3,(H2,23,28)(H,24,25). The maximum Gasteiger partial charge on any atom is 0.260 e. The summed E-state index contributed by atoms with van der Waals surface area (Å²) in [7, 11) is 1.85. The molecule has 3 aromatic rings. The molecular weight excluding hydrogens is 397 g/mol. The minimum atomic E-state index is -0.639. The minimum absolute atomic E-state index is 0.111. The highest BCUT2D eigenvalue weighted by Crippen LogP contribution is 2.35. The van der Waals surface area contributed by atoms with E-state index in [9.17, 15) is 14.0 Å². The van der Waals surface area contributed by atoms with Gasteiger partial charge in [-0.15, -0.1) is 0 Å². The van der Waals surface area contributed by atoms with Gasteiger partial charge in [0.1, 0.15) is 11.6 Å². The van der Waals surface area contributed by atoms with Gasteiger partial charge in [-0.2, -0.15) is 0 Å². The molecule has 3 N–H and O–H groups in total. The Balaban J connectivity index is 1.93. The van der Waals surface area contributed by atoms with Gasteiger partial charge in [0.25, 0.3) is 11.5 Å². The number of carbonyl (C=O) groups is 1. The van der Waals surface area contributed by atoms with Crippen LogP contribution < -0.4 is 21.5 Å². The second-order valence-corrected chi connectivity index (χ2v) is 7.14. The summed E-state index contributed by atoms with van der Waals surface area (Å²) in [6.45, 7) is 1.07. The van der Waals surface area contributed by atoms with E-state index >= 15 is 0 Å². The lowest BCUT2D eigenvalue weighted by molar-refractivity contribution is 0.100. The van der Waals surface area contributed by atoms with Crippen molar-refractivity contribution >= 4 is 34.7 Å². The summed E-state index contributed by atoms with van der Waals surface area (Å²) in [6.07, 6.45) is 2.88. The van der Waals surface area contributed by atoms with Crippen molar-refractivity contribution in [1.29, 1.82) is 0 Å². The van der Waals surface area contributed by atoms with E-state index in [-0.39, 0.29) is 22.2 Å². The minimum Gasteiger partial charge on any atom is -0.365 e. The van der Waals surface area contributed by atoms with Crippen LogP contribution in [-0.2, 0) is 6.54 Å². The van der Waals surface area contributed by atoms with E-state index in [1.165, 1.54) is 30.6 Å². The van der Waals surface area contributed by atoms with Crippen molar-refractivity contribution in [3.8, 4) is 11.1 Å². The molecule has 0 bridgehead atoms. The van der Waals surface area contributed by atoms with Crippen LogP contribution in [0.2, 0.25) is 5.02 Å². The zero-order valence-electron chi connectivity index (χ0n) is 15.4. The molecule has 1 aromatic carbocycles. The summed E-state index contributed by atoms with van der Waals surface area (Å²) in [5.41, 5.74) is 6.58. The molecule has 1 aliphatic heterocycles. The number of nitrogens with one attached hydrogen (secondary N) is 1. The number of carbonyl (C=O) groups excluding carboxylic acids is 1. The number of likely N-dealkylation sites (N-methyl/N-ethyl adjacent to an activating group) is 1. The van der Waals surface area contributed by atoms with Gasteiger partial charge in [0.05, 0.1) is 22.5 Å². The predicted octanol–water partition coefficient (Wildman–Crippen LogP) is 3.00. The first-order chi connectivity index (χ1) is 13.9. The first-order valence-electron chi connectivity index (χ1n) is 8.82. The molecule has 0 saturated carbocycles. The number of nitrogens with two attached hydrogens (primary N) is 1. The lowest BCUT2D eigenvalue weighted by Gasteiger charge is -2.20. The molecule has 9 heteroatoms. The molecule has 29 heavy (non-hydrogen) atoms. The van der Waals surface area contributed by atoms with Gasteiger partial charge in [0.2, 0.25) is 0 Å². The maximum atomic E-state index is 14.5. The van der Waals surface area contributed by atoms with Gasteiger partial charge in [-0.05, 0) is 30.3 Å². The Morgan fingerprint density at radius 1 is 1.21 bits per heavy atom. The van der Waals surface area contributed by atoms with Crippen LogP contribution >= 0.6 is 11.6 Å². The van der Waals surface area contributed by atoms with Crippen LogP contribution in [0, 0.1) is 5.82 Å². The summed E-state index contributed by atoms with van der Waals surface area (Å²) in [5.74, 6) is -0.556. The Labute approximate surface area is 170 Å². The van der Waals surface area contributed by atoms with Gasteiger partial charge >= 0.3 is 0 Å². The number of benzene rings is 1. The Hall–Kier alpha value is -3.39. The number of pyridine rings is 2. The summed E-state index contributed by atoms with van der Waals surface area (Å²) in [6, 6.07) is 7.24. The molecule has 0 spiro atoms. The Bertz CT molecular complexity index is 1190. The molecule has 4 rings (SSSR count). The van der Waals surface area contributed by atoms with Crippen molar-refractivity contribution in [2.75, 3.05) is 23.8 Å². The molecule has 2 aromatic heterocycles. The van der Waals surface area contributed by atoms with Crippen molar-refractivity contribution in [3.05, 3.63) is 69.5 Å². The van der Waals surface area contributed by atoms with Crippen LogP contribution in [0.15, 0.2) is 47.5 Å². The van der Waals surface area contributed by atoms with Crippen LogP contribution in [0.3, 0.4) is 0 Å². The average molecular weight is 414 g/mol. The molecule has 0 fully saturated rings. The molecule has 0 radical (unpaired) electrons. The second kappa shape index (κ2) is 7.21. The largest absolute Gasteiger partial charge is 0.365 e. The highest BCUT2D eigenvalue weighted by atomic mass is 35.5. The van der Waals surface area contributed by atoms with Crippen LogP contribution in [0.25, 0.3) is 11.1 Å². The van der Waals surface area contributed by atoms with E-state index in [1.54, 1.807) is 16.7 Å². The van der Waals surface area contributed by atoms with Crippen molar-refractivity contribution in [1.82, 2.24) is 9.55 Å². The van der Waals surface area contributed by atoms with Crippen molar-refractivity contribution < 1.29 is 9.18 Å². The molecule has 3 heterocycles. The monoisotopic (exact) mass is 413 g/mol.